The van der Waals surface area contributed by atoms with Crippen molar-refractivity contribution >= 4 is 46.6 Å². The summed E-state index contributed by atoms with van der Waals surface area (Å²) in [5.41, 5.74) is 2.42. The molecule has 1 saturated heterocycles. The van der Waals surface area contributed by atoms with E-state index in [1.807, 2.05) is 29.2 Å². The van der Waals surface area contributed by atoms with Gasteiger partial charge in [-0.15, -0.1) is 0 Å². The number of nitrogens with zero attached hydrogens (tertiary/aromatic N) is 3. The molecule has 8 heteroatoms. The molecule has 5 rings (SSSR count). The van der Waals surface area contributed by atoms with Gasteiger partial charge >= 0.3 is 6.03 Å². The third-order valence-electron chi connectivity index (χ3n) is 6.41. The zero-order chi connectivity index (χ0) is 23.9. The maximum Gasteiger partial charge on any atom is 0.317 e. The van der Waals surface area contributed by atoms with Crippen molar-refractivity contribution < 1.29 is 9.59 Å². The predicted molar refractivity (Wildman–Crippen MR) is 133 cm³/mol. The van der Waals surface area contributed by atoms with Gasteiger partial charge in [0.05, 0.1) is 10.7 Å². The minimum absolute atomic E-state index is 0.00951. The SMILES string of the molecule is [CH]c1cc(Cl)ccc1N(C(=O)c1ccc(C2(CN3CCNC3=O)CC2)cc1)c1ccc(Cl)cn1. The van der Waals surface area contributed by atoms with Gasteiger partial charge in [0, 0.05) is 48.8 Å². The molecule has 0 unspecified atom stereocenters. The van der Waals surface area contributed by atoms with Gasteiger partial charge in [-0.3, -0.25) is 9.69 Å². The van der Waals surface area contributed by atoms with Gasteiger partial charge in [-0.05, 0) is 66.4 Å². The molecule has 1 aromatic heterocycles. The van der Waals surface area contributed by atoms with Crippen LogP contribution in [0.3, 0.4) is 0 Å². The number of urea groups is 1. The van der Waals surface area contributed by atoms with Crippen LogP contribution in [0.2, 0.25) is 10.0 Å². The molecule has 1 N–H and O–H groups in total. The molecule has 1 aliphatic carbocycles. The molecule has 1 aliphatic heterocycles. The number of carbonyl (C=O) groups is 2. The van der Waals surface area contributed by atoms with Gasteiger partial charge in [0.1, 0.15) is 5.82 Å². The maximum atomic E-state index is 13.7. The van der Waals surface area contributed by atoms with E-state index in [0.717, 1.165) is 24.9 Å². The van der Waals surface area contributed by atoms with E-state index in [1.165, 1.54) is 11.1 Å². The van der Waals surface area contributed by atoms with E-state index < -0.39 is 0 Å². The molecule has 0 atom stereocenters. The van der Waals surface area contributed by atoms with Gasteiger partial charge < -0.3 is 10.2 Å². The van der Waals surface area contributed by atoms with E-state index in [2.05, 4.69) is 10.3 Å². The average molecular weight is 493 g/mol. The highest BCUT2D eigenvalue weighted by molar-refractivity contribution is 6.31. The Kier molecular flexibility index (Phi) is 5.96. The predicted octanol–water partition coefficient (Wildman–Crippen LogP) is 5.48. The van der Waals surface area contributed by atoms with Crippen LogP contribution in [-0.4, -0.2) is 41.5 Å². The summed E-state index contributed by atoms with van der Waals surface area (Å²) in [7, 11) is 0. The summed E-state index contributed by atoms with van der Waals surface area (Å²) in [6.45, 7) is 8.31. The fourth-order valence-corrected chi connectivity index (χ4v) is 4.67. The summed E-state index contributed by atoms with van der Waals surface area (Å²) >= 11 is 12.1. The van der Waals surface area contributed by atoms with Crippen molar-refractivity contribution in [2.45, 2.75) is 18.3 Å². The van der Waals surface area contributed by atoms with Crippen LogP contribution in [0.5, 0.6) is 0 Å². The Morgan fingerprint density at radius 1 is 1.09 bits per heavy atom. The number of anilines is 2. The zero-order valence-electron chi connectivity index (χ0n) is 18.3. The van der Waals surface area contributed by atoms with Crippen molar-refractivity contribution in [1.29, 1.82) is 0 Å². The molecule has 2 fully saturated rings. The maximum absolute atomic E-state index is 13.7. The number of rotatable bonds is 6. The number of aromatic nitrogens is 1. The molecule has 2 aliphatic rings. The Morgan fingerprint density at radius 2 is 1.82 bits per heavy atom. The number of nitrogens with one attached hydrogen (secondary N) is 1. The average Bonchev–Trinajstić information content (AvgIpc) is 3.51. The number of benzene rings is 2. The Morgan fingerprint density at radius 3 is 2.41 bits per heavy atom. The number of hydrogen-bond donors (Lipinski definition) is 1. The van der Waals surface area contributed by atoms with Gasteiger partial charge in [-0.1, -0.05) is 35.3 Å². The quantitative estimate of drug-likeness (QED) is 0.495. The van der Waals surface area contributed by atoms with Gasteiger partial charge in [-0.2, -0.15) is 0 Å². The summed E-state index contributed by atoms with van der Waals surface area (Å²) < 4.78 is 0. The molecule has 2 aromatic carbocycles. The molecule has 3 aromatic rings. The lowest BCUT2D eigenvalue weighted by Gasteiger charge is -2.25. The lowest BCUT2D eigenvalue weighted by Crippen LogP contribution is -2.35. The van der Waals surface area contributed by atoms with E-state index >= 15 is 0 Å². The minimum Gasteiger partial charge on any atom is -0.336 e. The lowest BCUT2D eigenvalue weighted by atomic mass is 9.94. The molecule has 0 bridgehead atoms. The Hall–Kier alpha value is -3.09. The first-order valence-corrected chi connectivity index (χ1v) is 11.8. The van der Waals surface area contributed by atoms with Gasteiger partial charge in [-0.25, -0.2) is 9.78 Å². The zero-order valence-corrected chi connectivity index (χ0v) is 19.8. The van der Waals surface area contributed by atoms with Crippen molar-refractivity contribution in [3.63, 3.8) is 0 Å². The number of hydrogen-bond acceptors (Lipinski definition) is 3. The highest BCUT2D eigenvalue weighted by atomic mass is 35.5. The van der Waals surface area contributed by atoms with Crippen molar-refractivity contribution in [2.75, 3.05) is 24.5 Å². The molecular formula is C26H22Cl2N4O2. The largest absolute Gasteiger partial charge is 0.336 e. The standard InChI is InChI=1S/C26H22Cl2N4O2/c1-17-14-20(27)6-8-22(17)32(23-9-7-21(28)15-30-23)24(33)18-2-4-19(5-3-18)26(10-11-26)16-31-13-12-29-25(31)34/h1-9,14-15H,10-13,16H2,(H,29,34). The topological polar surface area (TPSA) is 65.5 Å². The second kappa shape index (κ2) is 8.93. The number of amides is 3. The van der Waals surface area contributed by atoms with Crippen LogP contribution in [0.25, 0.3) is 0 Å². The second-order valence-corrected chi connectivity index (χ2v) is 9.56. The first kappa shape index (κ1) is 22.7. The Balaban J connectivity index is 1.44. The third kappa shape index (κ3) is 4.36. The highest BCUT2D eigenvalue weighted by Crippen LogP contribution is 2.49. The molecule has 6 nitrogen and oxygen atoms in total. The number of halogens is 2. The van der Waals surface area contributed by atoms with Crippen molar-refractivity contribution in [3.8, 4) is 0 Å². The molecule has 2 radical (unpaired) electrons. The van der Waals surface area contributed by atoms with Gasteiger partial charge in [0.25, 0.3) is 5.91 Å². The Bertz CT molecular complexity index is 1240. The highest BCUT2D eigenvalue weighted by Gasteiger charge is 2.46. The van der Waals surface area contributed by atoms with Gasteiger partial charge in [0.15, 0.2) is 0 Å². The molecule has 3 amide bonds. The van der Waals surface area contributed by atoms with Crippen LogP contribution in [0.4, 0.5) is 16.3 Å². The van der Waals surface area contributed by atoms with Crippen LogP contribution < -0.4 is 10.2 Å². The normalized spacial score (nSPS) is 16.3. The molecule has 2 heterocycles. The summed E-state index contributed by atoms with van der Waals surface area (Å²) in [4.78, 5) is 33.3. The van der Waals surface area contributed by atoms with Crippen LogP contribution in [-0.2, 0) is 5.41 Å². The van der Waals surface area contributed by atoms with E-state index in [0.29, 0.717) is 45.8 Å². The van der Waals surface area contributed by atoms with Crippen LogP contribution in [0.15, 0.2) is 60.8 Å². The van der Waals surface area contributed by atoms with Crippen molar-refractivity contribution in [3.05, 3.63) is 94.5 Å². The number of pyridine rings is 1. The van der Waals surface area contributed by atoms with Crippen molar-refractivity contribution in [1.82, 2.24) is 15.2 Å². The molecule has 172 valence electrons. The van der Waals surface area contributed by atoms with E-state index in [9.17, 15) is 9.59 Å². The van der Waals surface area contributed by atoms with Crippen LogP contribution >= 0.6 is 23.2 Å². The van der Waals surface area contributed by atoms with E-state index in [1.54, 1.807) is 30.3 Å². The molecule has 34 heavy (non-hydrogen) atoms. The summed E-state index contributed by atoms with van der Waals surface area (Å²) in [6, 6.07) is 15.9. The van der Waals surface area contributed by atoms with E-state index in [4.69, 9.17) is 30.1 Å². The smallest absolute Gasteiger partial charge is 0.317 e. The summed E-state index contributed by atoms with van der Waals surface area (Å²) in [5.74, 6) is 0.116. The molecule has 0 spiro atoms. The van der Waals surface area contributed by atoms with Crippen LogP contribution in [0, 0.1) is 6.92 Å². The third-order valence-corrected chi connectivity index (χ3v) is 6.87. The lowest BCUT2D eigenvalue weighted by molar-refractivity contribution is 0.0998. The van der Waals surface area contributed by atoms with Crippen LogP contribution in [0.1, 0.15) is 34.3 Å². The second-order valence-electron chi connectivity index (χ2n) is 8.69. The molecular weight excluding hydrogens is 471 g/mol. The first-order valence-electron chi connectivity index (χ1n) is 11.0. The minimum atomic E-state index is -0.279. The van der Waals surface area contributed by atoms with Crippen molar-refractivity contribution in [2.24, 2.45) is 0 Å². The summed E-state index contributed by atoms with van der Waals surface area (Å²) in [5, 5.41) is 3.79. The van der Waals surface area contributed by atoms with E-state index in [-0.39, 0.29) is 17.4 Å². The van der Waals surface area contributed by atoms with Gasteiger partial charge in [0.2, 0.25) is 0 Å². The molecule has 1 saturated carbocycles. The fraction of sp³-hybridized carbons (Fsp3) is 0.231. The monoisotopic (exact) mass is 492 g/mol. The Labute approximate surface area is 208 Å². The number of carbonyl (C=O) groups excluding carboxylic acids is 2. The first-order chi connectivity index (χ1) is 16.4. The fourth-order valence-electron chi connectivity index (χ4n) is 4.38. The summed E-state index contributed by atoms with van der Waals surface area (Å²) in [6.07, 6.45) is 3.52.